The van der Waals surface area contributed by atoms with Crippen LogP contribution in [0.2, 0.25) is 0 Å². The predicted molar refractivity (Wildman–Crippen MR) is 74.0 cm³/mol. The van der Waals surface area contributed by atoms with Crippen LogP contribution in [-0.4, -0.2) is 32.8 Å². The highest BCUT2D eigenvalue weighted by Gasteiger charge is 2.30. The summed E-state index contributed by atoms with van der Waals surface area (Å²) in [5.74, 6) is 0.655. The van der Waals surface area contributed by atoms with Crippen molar-refractivity contribution in [2.75, 3.05) is 18.0 Å². The monoisotopic (exact) mass is 275 g/mol. The van der Waals surface area contributed by atoms with E-state index in [9.17, 15) is 4.39 Å². The molecule has 0 N–H and O–H groups in total. The van der Waals surface area contributed by atoms with Gasteiger partial charge in [-0.2, -0.15) is 5.10 Å². The van der Waals surface area contributed by atoms with Crippen molar-refractivity contribution in [3.63, 3.8) is 0 Å². The molecule has 1 saturated heterocycles. The molecule has 3 heterocycles. The number of rotatable bonds is 4. The predicted octanol–water partition coefficient (Wildman–Crippen LogP) is 1.82. The van der Waals surface area contributed by atoms with E-state index in [0.717, 1.165) is 25.2 Å². The molecule has 1 fully saturated rings. The third kappa shape index (κ3) is 2.37. The molecule has 0 aromatic carbocycles. The summed E-state index contributed by atoms with van der Waals surface area (Å²) in [4.78, 5) is 10.0. The summed E-state index contributed by atoms with van der Waals surface area (Å²) >= 11 is 0. The van der Waals surface area contributed by atoms with Crippen LogP contribution in [0.1, 0.15) is 18.2 Å². The van der Waals surface area contributed by atoms with Gasteiger partial charge in [0.25, 0.3) is 0 Å². The van der Waals surface area contributed by atoms with Gasteiger partial charge in [-0.1, -0.05) is 6.92 Å². The molecule has 0 spiro atoms. The SMILES string of the molecule is CCc1ncnc(N2CC(Cn3cc(C)cn3)C2)c1F. The summed E-state index contributed by atoms with van der Waals surface area (Å²) in [7, 11) is 0. The van der Waals surface area contributed by atoms with E-state index in [1.807, 2.05) is 35.8 Å². The van der Waals surface area contributed by atoms with Crippen LogP contribution >= 0.6 is 0 Å². The van der Waals surface area contributed by atoms with Gasteiger partial charge < -0.3 is 4.90 Å². The van der Waals surface area contributed by atoms with E-state index in [2.05, 4.69) is 15.1 Å². The van der Waals surface area contributed by atoms with Crippen molar-refractivity contribution in [1.29, 1.82) is 0 Å². The number of aromatic nitrogens is 4. The summed E-state index contributed by atoms with van der Waals surface area (Å²) < 4.78 is 16.1. The molecular formula is C14H18FN5. The first kappa shape index (κ1) is 13.0. The minimum absolute atomic E-state index is 0.275. The smallest absolute Gasteiger partial charge is 0.187 e. The number of halogens is 1. The zero-order valence-electron chi connectivity index (χ0n) is 11.8. The van der Waals surface area contributed by atoms with Crippen molar-refractivity contribution in [1.82, 2.24) is 19.7 Å². The van der Waals surface area contributed by atoms with E-state index in [1.54, 1.807) is 0 Å². The molecule has 0 radical (unpaired) electrons. The van der Waals surface area contributed by atoms with Crippen LogP contribution in [0.25, 0.3) is 0 Å². The average Bonchev–Trinajstić information content (AvgIpc) is 2.80. The normalized spacial score (nSPS) is 15.4. The van der Waals surface area contributed by atoms with Crippen molar-refractivity contribution in [2.45, 2.75) is 26.8 Å². The summed E-state index contributed by atoms with van der Waals surface area (Å²) in [5, 5.41) is 4.28. The third-order valence-electron chi connectivity index (χ3n) is 3.64. The van der Waals surface area contributed by atoms with Gasteiger partial charge >= 0.3 is 0 Å². The first-order chi connectivity index (χ1) is 9.67. The Hall–Kier alpha value is -1.98. The average molecular weight is 275 g/mol. The van der Waals surface area contributed by atoms with E-state index in [1.165, 1.54) is 6.33 Å². The van der Waals surface area contributed by atoms with Crippen LogP contribution in [-0.2, 0) is 13.0 Å². The van der Waals surface area contributed by atoms with E-state index in [4.69, 9.17) is 0 Å². The summed E-state index contributed by atoms with van der Waals surface area (Å²) in [6.07, 6.45) is 5.92. The highest BCUT2D eigenvalue weighted by molar-refractivity contribution is 5.43. The van der Waals surface area contributed by atoms with E-state index < -0.39 is 0 Å². The molecular weight excluding hydrogens is 257 g/mol. The maximum absolute atomic E-state index is 14.1. The Morgan fingerprint density at radius 1 is 1.35 bits per heavy atom. The Bertz CT molecular complexity index is 603. The molecule has 6 heteroatoms. The third-order valence-corrected chi connectivity index (χ3v) is 3.64. The zero-order chi connectivity index (χ0) is 14.1. The molecule has 106 valence electrons. The second-order valence-electron chi connectivity index (χ2n) is 5.32. The fraction of sp³-hybridized carbons (Fsp3) is 0.500. The Labute approximate surface area is 117 Å². The lowest BCUT2D eigenvalue weighted by molar-refractivity contribution is 0.336. The standard InChI is InChI=1S/C14H18FN5/c1-3-12-13(15)14(17-9-16-12)19-6-11(7-19)8-20-5-10(2)4-18-20/h4-5,9,11H,3,6-8H2,1-2H3. The first-order valence-corrected chi connectivity index (χ1v) is 6.90. The van der Waals surface area contributed by atoms with Crippen molar-refractivity contribution in [3.05, 3.63) is 35.8 Å². The maximum Gasteiger partial charge on any atom is 0.187 e. The molecule has 5 nitrogen and oxygen atoms in total. The maximum atomic E-state index is 14.1. The molecule has 0 amide bonds. The van der Waals surface area contributed by atoms with Crippen LogP contribution in [0.5, 0.6) is 0 Å². The van der Waals surface area contributed by atoms with Crippen LogP contribution in [0.4, 0.5) is 10.2 Å². The molecule has 0 aliphatic carbocycles. The molecule has 3 rings (SSSR count). The highest BCUT2D eigenvalue weighted by atomic mass is 19.1. The second-order valence-corrected chi connectivity index (χ2v) is 5.32. The van der Waals surface area contributed by atoms with Crippen molar-refractivity contribution in [2.24, 2.45) is 5.92 Å². The van der Waals surface area contributed by atoms with Gasteiger partial charge in [-0.05, 0) is 18.9 Å². The van der Waals surface area contributed by atoms with E-state index in [-0.39, 0.29) is 5.82 Å². The summed E-state index contributed by atoms with van der Waals surface area (Å²) in [5.41, 5.74) is 1.65. The minimum Gasteiger partial charge on any atom is -0.353 e. The van der Waals surface area contributed by atoms with Crippen molar-refractivity contribution >= 4 is 5.82 Å². The molecule has 1 aliphatic rings. The zero-order valence-corrected chi connectivity index (χ0v) is 11.8. The minimum atomic E-state index is -0.275. The molecule has 0 unspecified atom stereocenters. The topological polar surface area (TPSA) is 46.8 Å². The fourth-order valence-electron chi connectivity index (χ4n) is 2.55. The Morgan fingerprint density at radius 2 is 2.15 bits per heavy atom. The molecule has 2 aromatic rings. The number of anilines is 1. The van der Waals surface area contributed by atoms with Gasteiger partial charge in [0.15, 0.2) is 11.6 Å². The lowest BCUT2D eigenvalue weighted by atomic mass is 10.00. The van der Waals surface area contributed by atoms with Crippen LogP contribution in [0.3, 0.4) is 0 Å². The molecule has 20 heavy (non-hydrogen) atoms. The van der Waals surface area contributed by atoms with E-state index >= 15 is 0 Å². The number of nitrogens with zero attached hydrogens (tertiary/aromatic N) is 5. The van der Waals surface area contributed by atoms with Gasteiger partial charge in [-0.25, -0.2) is 14.4 Å². The molecule has 0 saturated carbocycles. The summed E-state index contributed by atoms with van der Waals surface area (Å²) in [6, 6.07) is 0. The van der Waals surface area contributed by atoms with Crippen LogP contribution < -0.4 is 4.90 Å². The number of hydrogen-bond acceptors (Lipinski definition) is 4. The molecule has 0 bridgehead atoms. The Morgan fingerprint density at radius 3 is 2.80 bits per heavy atom. The molecule has 1 aliphatic heterocycles. The highest BCUT2D eigenvalue weighted by Crippen LogP contribution is 2.26. The van der Waals surface area contributed by atoms with Gasteiger partial charge in [0.05, 0.1) is 11.9 Å². The van der Waals surface area contributed by atoms with Crippen molar-refractivity contribution < 1.29 is 4.39 Å². The lowest BCUT2D eigenvalue weighted by Crippen LogP contribution is -2.49. The number of aryl methyl sites for hydroxylation is 2. The van der Waals surface area contributed by atoms with Gasteiger partial charge in [0, 0.05) is 31.7 Å². The van der Waals surface area contributed by atoms with Gasteiger partial charge in [-0.15, -0.1) is 0 Å². The largest absolute Gasteiger partial charge is 0.353 e. The van der Waals surface area contributed by atoms with Crippen LogP contribution in [0.15, 0.2) is 18.7 Å². The Kier molecular flexibility index (Phi) is 3.38. The summed E-state index contributed by atoms with van der Waals surface area (Å²) in [6.45, 7) is 6.43. The van der Waals surface area contributed by atoms with Gasteiger partial charge in [0.2, 0.25) is 0 Å². The van der Waals surface area contributed by atoms with Gasteiger partial charge in [-0.3, -0.25) is 4.68 Å². The molecule has 0 atom stereocenters. The quantitative estimate of drug-likeness (QED) is 0.854. The fourth-order valence-corrected chi connectivity index (χ4v) is 2.55. The van der Waals surface area contributed by atoms with Gasteiger partial charge in [0.1, 0.15) is 6.33 Å². The lowest BCUT2D eigenvalue weighted by Gasteiger charge is -2.40. The number of hydrogen-bond donors (Lipinski definition) is 0. The van der Waals surface area contributed by atoms with E-state index in [0.29, 0.717) is 23.9 Å². The Balaban J connectivity index is 1.63. The van der Waals surface area contributed by atoms with Crippen LogP contribution in [0, 0.1) is 18.7 Å². The first-order valence-electron chi connectivity index (χ1n) is 6.90. The van der Waals surface area contributed by atoms with Crippen molar-refractivity contribution in [3.8, 4) is 0 Å². The second kappa shape index (κ2) is 5.19. The molecule has 2 aromatic heterocycles.